The van der Waals surface area contributed by atoms with Crippen LogP contribution in [0, 0.1) is 6.92 Å². The lowest BCUT2D eigenvalue weighted by atomic mass is 10.1. The van der Waals surface area contributed by atoms with Crippen molar-refractivity contribution in [2.24, 2.45) is 4.99 Å². The van der Waals surface area contributed by atoms with Gasteiger partial charge in [-0.25, -0.2) is 4.99 Å². The minimum atomic E-state index is -0.178. The zero-order valence-corrected chi connectivity index (χ0v) is 17.7. The number of benzene rings is 1. The number of nitrogens with zero attached hydrogens (tertiary/aromatic N) is 3. The van der Waals surface area contributed by atoms with E-state index in [-0.39, 0.29) is 18.1 Å². The topological polar surface area (TPSA) is 63.9 Å². The van der Waals surface area contributed by atoms with E-state index in [9.17, 15) is 9.59 Å². The van der Waals surface area contributed by atoms with Gasteiger partial charge in [-0.1, -0.05) is 6.08 Å². The molecule has 0 bridgehead atoms. The molecular formula is C22H29N3O3. The van der Waals surface area contributed by atoms with Crippen LogP contribution < -0.4 is 15.1 Å². The van der Waals surface area contributed by atoms with Crippen LogP contribution in [-0.2, 0) is 11.3 Å². The molecule has 0 aliphatic carbocycles. The summed E-state index contributed by atoms with van der Waals surface area (Å²) in [5, 5.41) is 0.465. The molecule has 0 aliphatic heterocycles. The number of carbonyl (C=O) groups is 1. The normalized spacial score (nSPS) is 12.2. The Labute approximate surface area is 166 Å². The summed E-state index contributed by atoms with van der Waals surface area (Å²) in [6.45, 7) is 9.66. The van der Waals surface area contributed by atoms with E-state index in [0.29, 0.717) is 22.5 Å². The van der Waals surface area contributed by atoms with Gasteiger partial charge in [0.15, 0.2) is 5.43 Å². The SMILES string of the molecule is C/C=C\C(C)=N/c1cc(=O)c2c(OC(C)C)cc(C)c(N(C)C)c2n1CC=O. The number of hydrogen-bond donors (Lipinski definition) is 0. The van der Waals surface area contributed by atoms with Crippen molar-refractivity contribution < 1.29 is 9.53 Å². The highest BCUT2D eigenvalue weighted by Crippen LogP contribution is 2.37. The summed E-state index contributed by atoms with van der Waals surface area (Å²) in [6, 6.07) is 3.36. The second-order valence-corrected chi connectivity index (χ2v) is 7.22. The maximum atomic E-state index is 13.1. The number of aromatic nitrogens is 1. The minimum Gasteiger partial charge on any atom is -0.490 e. The first kappa shape index (κ1) is 21.4. The number of fused-ring (bicyclic) bond motifs is 1. The highest BCUT2D eigenvalue weighted by molar-refractivity contribution is 5.99. The third-order valence-corrected chi connectivity index (χ3v) is 4.25. The van der Waals surface area contributed by atoms with Crippen molar-refractivity contribution >= 4 is 34.4 Å². The third-order valence-electron chi connectivity index (χ3n) is 4.25. The summed E-state index contributed by atoms with van der Waals surface area (Å²) in [5.41, 5.74) is 3.05. The van der Waals surface area contributed by atoms with Crippen molar-refractivity contribution in [1.82, 2.24) is 4.57 Å². The van der Waals surface area contributed by atoms with E-state index in [4.69, 9.17) is 4.74 Å². The Morgan fingerprint density at radius 1 is 1.32 bits per heavy atom. The molecule has 1 aromatic heterocycles. The van der Waals surface area contributed by atoms with Gasteiger partial charge in [-0.3, -0.25) is 4.79 Å². The van der Waals surface area contributed by atoms with Gasteiger partial charge in [0.1, 0.15) is 17.9 Å². The van der Waals surface area contributed by atoms with Gasteiger partial charge in [-0.15, -0.1) is 0 Å². The monoisotopic (exact) mass is 383 g/mol. The largest absolute Gasteiger partial charge is 0.490 e. The van der Waals surface area contributed by atoms with Crippen molar-refractivity contribution in [2.45, 2.75) is 47.3 Å². The molecular weight excluding hydrogens is 354 g/mol. The molecule has 6 nitrogen and oxygen atoms in total. The fraction of sp³-hybridized carbons (Fsp3) is 0.409. The van der Waals surface area contributed by atoms with Crippen LogP contribution in [0.4, 0.5) is 11.5 Å². The van der Waals surface area contributed by atoms with E-state index in [0.717, 1.165) is 23.2 Å². The molecule has 0 aliphatic rings. The second kappa shape index (κ2) is 8.87. The molecule has 0 atom stereocenters. The molecule has 6 heteroatoms. The summed E-state index contributed by atoms with van der Waals surface area (Å²) in [4.78, 5) is 31.1. The molecule has 0 saturated heterocycles. The number of allylic oxidation sites excluding steroid dienone is 2. The molecule has 28 heavy (non-hydrogen) atoms. The number of aryl methyl sites for hydroxylation is 1. The fourth-order valence-electron chi connectivity index (χ4n) is 3.36. The van der Waals surface area contributed by atoms with E-state index in [1.807, 2.05) is 71.8 Å². The number of anilines is 1. The van der Waals surface area contributed by atoms with Crippen molar-refractivity contribution in [1.29, 1.82) is 0 Å². The van der Waals surface area contributed by atoms with Crippen molar-refractivity contribution in [3.63, 3.8) is 0 Å². The third kappa shape index (κ3) is 4.32. The summed E-state index contributed by atoms with van der Waals surface area (Å²) >= 11 is 0. The lowest BCUT2D eigenvalue weighted by molar-refractivity contribution is -0.108. The van der Waals surface area contributed by atoms with Crippen LogP contribution >= 0.6 is 0 Å². The van der Waals surface area contributed by atoms with Crippen LogP contribution in [0.15, 0.2) is 34.1 Å². The summed E-state index contributed by atoms with van der Waals surface area (Å²) in [7, 11) is 3.84. The smallest absolute Gasteiger partial charge is 0.195 e. The fourth-order valence-corrected chi connectivity index (χ4v) is 3.36. The van der Waals surface area contributed by atoms with Crippen LogP contribution in [0.5, 0.6) is 5.75 Å². The Kier molecular flexibility index (Phi) is 6.78. The van der Waals surface area contributed by atoms with E-state index < -0.39 is 0 Å². The van der Waals surface area contributed by atoms with Crippen molar-refractivity contribution in [3.8, 4) is 5.75 Å². The van der Waals surface area contributed by atoms with Gasteiger partial charge < -0.3 is 19.0 Å². The van der Waals surface area contributed by atoms with Crippen LogP contribution in [0.2, 0.25) is 0 Å². The maximum absolute atomic E-state index is 13.1. The first-order chi connectivity index (χ1) is 13.2. The highest BCUT2D eigenvalue weighted by atomic mass is 16.5. The van der Waals surface area contributed by atoms with E-state index in [2.05, 4.69) is 4.99 Å². The lowest BCUT2D eigenvalue weighted by Gasteiger charge is -2.24. The summed E-state index contributed by atoms with van der Waals surface area (Å²) in [6.07, 6.45) is 4.47. The van der Waals surface area contributed by atoms with E-state index >= 15 is 0 Å². The van der Waals surface area contributed by atoms with E-state index in [1.54, 1.807) is 4.57 Å². The molecule has 0 unspecified atom stereocenters. The van der Waals surface area contributed by atoms with Crippen LogP contribution in [0.3, 0.4) is 0 Å². The van der Waals surface area contributed by atoms with E-state index in [1.165, 1.54) is 6.07 Å². The number of carbonyl (C=O) groups excluding carboxylic acids is 1. The Morgan fingerprint density at radius 3 is 2.54 bits per heavy atom. The first-order valence-electron chi connectivity index (χ1n) is 9.38. The maximum Gasteiger partial charge on any atom is 0.195 e. The highest BCUT2D eigenvalue weighted by Gasteiger charge is 2.20. The zero-order valence-electron chi connectivity index (χ0n) is 17.7. The summed E-state index contributed by atoms with van der Waals surface area (Å²) < 4.78 is 7.73. The number of aliphatic imine (C=N–C) groups is 1. The van der Waals surface area contributed by atoms with Gasteiger partial charge in [-0.2, -0.15) is 0 Å². The number of hydrogen-bond acceptors (Lipinski definition) is 5. The molecule has 1 heterocycles. The Balaban J connectivity index is 3.07. The van der Waals surface area contributed by atoms with Gasteiger partial charge in [0, 0.05) is 25.9 Å². The van der Waals surface area contributed by atoms with Gasteiger partial charge >= 0.3 is 0 Å². The number of ether oxygens (including phenoxy) is 1. The molecule has 1 aromatic carbocycles. The van der Waals surface area contributed by atoms with Crippen molar-refractivity contribution in [3.05, 3.63) is 40.1 Å². The Bertz CT molecular complexity index is 998. The van der Waals surface area contributed by atoms with Gasteiger partial charge in [0.2, 0.25) is 0 Å². The van der Waals surface area contributed by atoms with Gasteiger partial charge in [0.05, 0.1) is 29.2 Å². The summed E-state index contributed by atoms with van der Waals surface area (Å²) in [5.74, 6) is 0.975. The lowest BCUT2D eigenvalue weighted by Crippen LogP contribution is -2.19. The molecule has 0 radical (unpaired) electrons. The Hall–Kier alpha value is -2.89. The average molecular weight is 383 g/mol. The predicted molar refractivity (Wildman–Crippen MR) is 117 cm³/mol. The quantitative estimate of drug-likeness (QED) is 0.535. The average Bonchev–Trinajstić information content (AvgIpc) is 2.56. The van der Waals surface area contributed by atoms with Crippen molar-refractivity contribution in [2.75, 3.05) is 19.0 Å². The number of aldehydes is 1. The molecule has 0 fully saturated rings. The molecule has 0 spiro atoms. The second-order valence-electron chi connectivity index (χ2n) is 7.22. The van der Waals surface area contributed by atoms with Gasteiger partial charge in [0.25, 0.3) is 0 Å². The predicted octanol–water partition coefficient (Wildman–Crippen LogP) is 4.03. The standard InChI is InChI=1S/C22H29N3O3/c1-8-9-16(5)23-19-13-17(27)20-18(28-14(2)3)12-15(4)21(24(6)7)22(20)25(19)10-11-26/h8-9,11-14H,10H2,1-7H3/b9-8-,23-16-. The van der Waals surface area contributed by atoms with Gasteiger partial charge in [-0.05, 0) is 52.3 Å². The first-order valence-corrected chi connectivity index (χ1v) is 9.38. The molecule has 0 N–H and O–H groups in total. The minimum absolute atomic E-state index is 0.0821. The molecule has 0 amide bonds. The van der Waals surface area contributed by atoms with Crippen LogP contribution in [0.25, 0.3) is 10.9 Å². The number of rotatable bonds is 7. The zero-order chi connectivity index (χ0) is 21.0. The Morgan fingerprint density at radius 2 is 2.00 bits per heavy atom. The van der Waals surface area contributed by atoms with Crippen LogP contribution in [-0.4, -0.2) is 36.8 Å². The molecule has 2 rings (SSSR count). The molecule has 150 valence electrons. The van der Waals surface area contributed by atoms with Crippen LogP contribution in [0.1, 0.15) is 33.3 Å². The molecule has 0 saturated carbocycles. The molecule has 2 aromatic rings. The number of pyridine rings is 1.